The molecular formula is C21H17F5N6O3S. The topological polar surface area (TPSA) is 124 Å². The molecule has 2 aromatic heterocycles. The van der Waals surface area contributed by atoms with Gasteiger partial charge in [0.25, 0.3) is 5.56 Å². The van der Waals surface area contributed by atoms with E-state index < -0.39 is 52.5 Å². The fraction of sp³-hybridized carbons (Fsp3) is 0.190. The molecule has 0 bridgehead atoms. The molecule has 0 radical (unpaired) electrons. The highest BCUT2D eigenvalue weighted by atomic mass is 32.1. The van der Waals surface area contributed by atoms with Crippen molar-refractivity contribution in [1.82, 2.24) is 14.1 Å². The summed E-state index contributed by atoms with van der Waals surface area (Å²) in [6.45, 7) is 3.29. The number of carbonyl (C=O) groups is 1. The summed E-state index contributed by atoms with van der Waals surface area (Å²) in [7, 11) is 2.55. The van der Waals surface area contributed by atoms with Gasteiger partial charge < -0.3 is 11.1 Å². The second kappa shape index (κ2) is 9.85. The Labute approximate surface area is 203 Å². The summed E-state index contributed by atoms with van der Waals surface area (Å²) < 4.78 is 68.8. The van der Waals surface area contributed by atoms with Crippen LogP contribution in [0.15, 0.2) is 38.3 Å². The number of nitrogens with zero attached hydrogens (tertiary/aromatic N) is 4. The highest BCUT2D eigenvalue weighted by Gasteiger charge is 2.39. The lowest BCUT2D eigenvalue weighted by molar-refractivity contribution is -0.142. The smallest absolute Gasteiger partial charge is 0.384 e. The molecule has 0 aliphatic rings. The number of carbonyl (C=O) groups excluding carboxylic acids is 1. The molecule has 1 amide bonds. The van der Waals surface area contributed by atoms with Gasteiger partial charge in [-0.3, -0.25) is 23.7 Å². The number of hydrogen-bond acceptors (Lipinski definition) is 7. The third-order valence-electron chi connectivity index (χ3n) is 5.03. The van der Waals surface area contributed by atoms with E-state index in [2.05, 4.69) is 22.0 Å². The minimum Gasteiger partial charge on any atom is -0.384 e. The predicted molar refractivity (Wildman–Crippen MR) is 125 cm³/mol. The van der Waals surface area contributed by atoms with Gasteiger partial charge in [0.2, 0.25) is 5.91 Å². The van der Waals surface area contributed by atoms with Gasteiger partial charge >= 0.3 is 11.9 Å². The van der Waals surface area contributed by atoms with Gasteiger partial charge in [0.15, 0.2) is 5.13 Å². The van der Waals surface area contributed by atoms with Crippen LogP contribution in [0.2, 0.25) is 0 Å². The van der Waals surface area contributed by atoms with E-state index in [-0.39, 0.29) is 27.8 Å². The summed E-state index contributed by atoms with van der Waals surface area (Å²) in [4.78, 5) is 44.8. The van der Waals surface area contributed by atoms with Gasteiger partial charge in [-0.15, -0.1) is 11.3 Å². The van der Waals surface area contributed by atoms with Gasteiger partial charge in [-0.25, -0.2) is 18.6 Å². The van der Waals surface area contributed by atoms with E-state index in [9.17, 15) is 36.3 Å². The molecule has 0 aliphatic carbocycles. The minimum absolute atomic E-state index is 0.0207. The SMILES string of the molecule is C=N/C=C(/CC(=O)Nc1nc(-c2ccc(F)c(C(F)(F)F)c2F)cs1)c1c(N)n(C)c(=O)n(C)c1=O. The first kappa shape index (κ1) is 26.5. The van der Waals surface area contributed by atoms with Crippen molar-refractivity contribution < 1.29 is 26.7 Å². The first-order valence-corrected chi connectivity index (χ1v) is 10.7. The lowest BCUT2D eigenvalue weighted by Crippen LogP contribution is -2.40. The lowest BCUT2D eigenvalue weighted by atomic mass is 10.1. The zero-order chi connectivity index (χ0) is 26.9. The summed E-state index contributed by atoms with van der Waals surface area (Å²) >= 11 is 0.772. The minimum atomic E-state index is -5.26. The average Bonchev–Trinajstić information content (AvgIpc) is 3.23. The zero-order valence-electron chi connectivity index (χ0n) is 18.6. The molecule has 190 valence electrons. The number of halogens is 5. The maximum atomic E-state index is 14.4. The van der Waals surface area contributed by atoms with Crippen molar-refractivity contribution in [2.45, 2.75) is 12.6 Å². The predicted octanol–water partition coefficient (Wildman–Crippen LogP) is 3.16. The standard InChI is InChI=1S/C21H17F5N6O3S/c1-28-7-9(14-17(27)31(2)20(35)32(3)18(14)34)6-13(33)30-19-29-12(8-36-19)10-4-5-11(22)15(16(10)23)21(24,25)26/h4-5,7-8H,1,6,27H2,2-3H3,(H,29,30,33)/b9-7-. The van der Waals surface area contributed by atoms with Crippen LogP contribution in [0.25, 0.3) is 16.8 Å². The van der Waals surface area contributed by atoms with Crippen LogP contribution in [0.1, 0.15) is 17.5 Å². The molecule has 0 aliphatic heterocycles. The Morgan fingerprint density at radius 3 is 2.53 bits per heavy atom. The Morgan fingerprint density at radius 2 is 1.92 bits per heavy atom. The molecule has 15 heteroatoms. The summed E-state index contributed by atoms with van der Waals surface area (Å²) in [6.07, 6.45) is -4.63. The Hall–Kier alpha value is -4.14. The zero-order valence-corrected chi connectivity index (χ0v) is 19.4. The molecule has 9 nitrogen and oxygen atoms in total. The van der Waals surface area contributed by atoms with Crippen molar-refractivity contribution >= 4 is 40.5 Å². The number of nitrogens with one attached hydrogen (secondary N) is 1. The Morgan fingerprint density at radius 1 is 1.25 bits per heavy atom. The lowest BCUT2D eigenvalue weighted by Gasteiger charge is -2.13. The van der Waals surface area contributed by atoms with E-state index in [1.807, 2.05) is 0 Å². The number of nitrogens with two attached hydrogens (primary N) is 1. The molecule has 0 unspecified atom stereocenters. The highest BCUT2D eigenvalue weighted by Crippen LogP contribution is 2.38. The van der Waals surface area contributed by atoms with Gasteiger partial charge in [0.1, 0.15) is 23.0 Å². The molecule has 3 aromatic rings. The molecule has 0 atom stereocenters. The van der Waals surface area contributed by atoms with Gasteiger partial charge in [0, 0.05) is 31.2 Å². The third kappa shape index (κ3) is 4.95. The monoisotopic (exact) mass is 528 g/mol. The van der Waals surface area contributed by atoms with E-state index in [4.69, 9.17) is 5.73 Å². The molecule has 3 N–H and O–H groups in total. The molecular weight excluding hydrogens is 511 g/mol. The van der Waals surface area contributed by atoms with Crippen LogP contribution in [0.4, 0.5) is 32.9 Å². The summed E-state index contributed by atoms with van der Waals surface area (Å²) in [5, 5.41) is 3.44. The van der Waals surface area contributed by atoms with E-state index in [0.717, 1.165) is 32.7 Å². The Kier molecular flexibility index (Phi) is 7.24. The number of nitrogen functional groups attached to an aromatic ring is 1. The molecule has 0 saturated heterocycles. The maximum absolute atomic E-state index is 14.4. The number of anilines is 2. The van der Waals surface area contributed by atoms with E-state index in [1.165, 1.54) is 19.5 Å². The molecule has 0 spiro atoms. The molecule has 1 aromatic carbocycles. The van der Waals surface area contributed by atoms with Crippen molar-refractivity contribution in [2.75, 3.05) is 11.1 Å². The number of alkyl halides is 3. The van der Waals surface area contributed by atoms with Crippen molar-refractivity contribution in [3.8, 4) is 11.3 Å². The number of benzene rings is 1. The normalized spacial score (nSPS) is 12.0. The van der Waals surface area contributed by atoms with Gasteiger partial charge in [0.05, 0.1) is 17.7 Å². The van der Waals surface area contributed by atoms with Crippen LogP contribution in [-0.4, -0.2) is 26.7 Å². The van der Waals surface area contributed by atoms with E-state index in [1.54, 1.807) is 0 Å². The number of aliphatic imine (C=N–C) groups is 1. The fourth-order valence-corrected chi connectivity index (χ4v) is 4.00. The summed E-state index contributed by atoms with van der Waals surface area (Å²) in [6, 6.07) is 1.27. The number of thiazole rings is 1. The quantitative estimate of drug-likeness (QED) is 0.376. The first-order valence-electron chi connectivity index (χ1n) is 9.79. The fourth-order valence-electron chi connectivity index (χ4n) is 3.27. The van der Waals surface area contributed by atoms with Crippen LogP contribution in [0, 0.1) is 11.6 Å². The highest BCUT2D eigenvalue weighted by molar-refractivity contribution is 7.14. The maximum Gasteiger partial charge on any atom is 0.422 e. The third-order valence-corrected chi connectivity index (χ3v) is 5.79. The summed E-state index contributed by atoms with van der Waals surface area (Å²) in [5.41, 5.74) is 1.38. The molecule has 36 heavy (non-hydrogen) atoms. The largest absolute Gasteiger partial charge is 0.422 e. The van der Waals surface area contributed by atoms with E-state index >= 15 is 0 Å². The number of rotatable bonds is 6. The molecule has 0 saturated carbocycles. The van der Waals surface area contributed by atoms with Crippen molar-refractivity contribution in [2.24, 2.45) is 19.1 Å². The second-order valence-corrected chi connectivity index (χ2v) is 8.21. The van der Waals surface area contributed by atoms with Crippen LogP contribution in [-0.2, 0) is 25.1 Å². The number of aromatic nitrogens is 3. The van der Waals surface area contributed by atoms with Crippen LogP contribution >= 0.6 is 11.3 Å². The van der Waals surface area contributed by atoms with Crippen LogP contribution < -0.4 is 22.3 Å². The van der Waals surface area contributed by atoms with Crippen LogP contribution in [0.3, 0.4) is 0 Å². The van der Waals surface area contributed by atoms with Gasteiger partial charge in [-0.1, -0.05) is 0 Å². The average molecular weight is 528 g/mol. The second-order valence-electron chi connectivity index (χ2n) is 7.35. The molecule has 0 fully saturated rings. The van der Waals surface area contributed by atoms with Crippen molar-refractivity contribution in [1.29, 1.82) is 0 Å². The van der Waals surface area contributed by atoms with Crippen molar-refractivity contribution in [3.05, 3.63) is 67.3 Å². The Balaban J connectivity index is 1.90. The van der Waals surface area contributed by atoms with Gasteiger partial charge in [-0.2, -0.15) is 13.2 Å². The summed E-state index contributed by atoms with van der Waals surface area (Å²) in [5.74, 6) is -4.56. The van der Waals surface area contributed by atoms with E-state index in [0.29, 0.717) is 6.07 Å². The van der Waals surface area contributed by atoms with Crippen molar-refractivity contribution in [3.63, 3.8) is 0 Å². The molecule has 3 rings (SSSR count). The number of hydrogen-bond donors (Lipinski definition) is 2. The Bertz CT molecular complexity index is 1520. The molecule has 2 heterocycles. The van der Waals surface area contributed by atoms with Gasteiger partial charge in [-0.05, 0) is 24.4 Å². The number of amides is 1. The first-order chi connectivity index (χ1) is 16.8. The van der Waals surface area contributed by atoms with Crippen LogP contribution in [0.5, 0.6) is 0 Å².